The van der Waals surface area contributed by atoms with Crippen LogP contribution in [0.3, 0.4) is 0 Å². The van der Waals surface area contributed by atoms with Crippen molar-refractivity contribution in [2.75, 3.05) is 12.7 Å². The van der Waals surface area contributed by atoms with Crippen molar-refractivity contribution in [2.24, 2.45) is 0 Å². The lowest BCUT2D eigenvalue weighted by Crippen LogP contribution is -2.29. The van der Waals surface area contributed by atoms with Gasteiger partial charge in [-0.15, -0.1) is 0 Å². The van der Waals surface area contributed by atoms with Gasteiger partial charge in [0.05, 0.1) is 8.80 Å². The summed E-state index contributed by atoms with van der Waals surface area (Å²) in [7, 11) is -0.559. The summed E-state index contributed by atoms with van der Waals surface area (Å²) in [5, 5.41) is 5.42. The van der Waals surface area contributed by atoms with Crippen molar-refractivity contribution in [3.05, 3.63) is 0 Å². The van der Waals surface area contributed by atoms with Crippen molar-refractivity contribution in [1.82, 2.24) is 10.6 Å². The normalized spacial score (nSPS) is 8.38. The Morgan fingerprint density at radius 1 is 1.06 bits per heavy atom. The first-order valence-electron chi connectivity index (χ1n) is 5.39. The van der Waals surface area contributed by atoms with Crippen LogP contribution in [0.5, 0.6) is 0 Å². The van der Waals surface area contributed by atoms with E-state index in [9.17, 15) is 9.59 Å². The van der Waals surface area contributed by atoms with E-state index in [-0.39, 0.29) is 19.2 Å². The third-order valence-corrected chi connectivity index (χ3v) is 2.40. The van der Waals surface area contributed by atoms with Crippen molar-refractivity contribution in [1.29, 1.82) is 0 Å². The van der Waals surface area contributed by atoms with E-state index in [1.165, 1.54) is 6.92 Å². The summed E-state index contributed by atoms with van der Waals surface area (Å²) in [6.45, 7) is 10.3. The first-order chi connectivity index (χ1) is 6.90. The molecule has 0 heterocycles. The molecule has 0 saturated carbocycles. The van der Waals surface area contributed by atoms with Gasteiger partial charge in [0, 0.05) is 26.6 Å². The summed E-state index contributed by atoms with van der Waals surface area (Å²) in [6, 6.07) is 0. The molecule has 0 aliphatic carbocycles. The van der Waals surface area contributed by atoms with Gasteiger partial charge in [0.15, 0.2) is 0 Å². The van der Waals surface area contributed by atoms with Crippen molar-refractivity contribution in [3.8, 4) is 0 Å². The SMILES string of the molecule is C.CC(=O)NC[SiH](C)C.CCCNC(C)=O. The molecule has 0 spiro atoms. The molecule has 0 rings (SSSR count). The fraction of sp³-hybridized carbons (Fsp3) is 0.818. The van der Waals surface area contributed by atoms with E-state index < -0.39 is 8.80 Å². The third kappa shape index (κ3) is 29.2. The summed E-state index contributed by atoms with van der Waals surface area (Å²) in [4.78, 5) is 20.4. The number of hydrogen-bond acceptors (Lipinski definition) is 2. The molecule has 0 bridgehead atoms. The molecule has 5 heteroatoms. The number of hydrogen-bond donors (Lipinski definition) is 2. The average molecular weight is 248 g/mol. The first-order valence-corrected chi connectivity index (χ1v) is 8.51. The zero-order chi connectivity index (χ0) is 12.3. The summed E-state index contributed by atoms with van der Waals surface area (Å²) in [5.74, 6) is 0.146. The zero-order valence-corrected chi connectivity index (χ0v) is 11.7. The molecule has 0 fully saturated rings. The van der Waals surface area contributed by atoms with Crippen molar-refractivity contribution < 1.29 is 9.59 Å². The molecule has 0 atom stereocenters. The van der Waals surface area contributed by atoms with E-state index >= 15 is 0 Å². The second-order valence-corrected chi connectivity index (χ2v) is 7.01. The Morgan fingerprint density at radius 2 is 1.50 bits per heavy atom. The van der Waals surface area contributed by atoms with Gasteiger partial charge in [-0.25, -0.2) is 0 Å². The van der Waals surface area contributed by atoms with E-state index in [1.807, 2.05) is 6.92 Å². The minimum absolute atomic E-state index is 0. The largest absolute Gasteiger partial charge is 0.360 e. The van der Waals surface area contributed by atoms with Crippen molar-refractivity contribution in [3.63, 3.8) is 0 Å². The van der Waals surface area contributed by atoms with Gasteiger partial charge in [-0.3, -0.25) is 9.59 Å². The van der Waals surface area contributed by atoms with Crippen molar-refractivity contribution in [2.45, 2.75) is 47.7 Å². The second-order valence-electron chi connectivity index (χ2n) is 3.81. The molecule has 0 aromatic rings. The maximum atomic E-state index is 10.3. The lowest BCUT2D eigenvalue weighted by atomic mass is 10.5. The van der Waals surface area contributed by atoms with E-state index in [1.54, 1.807) is 6.92 Å². The predicted octanol–water partition coefficient (Wildman–Crippen LogP) is 1.32. The smallest absolute Gasteiger partial charge is 0.216 e. The Bertz CT molecular complexity index is 185. The molecule has 0 aromatic carbocycles. The Kier molecular flexibility index (Phi) is 18.2. The zero-order valence-electron chi connectivity index (χ0n) is 10.5. The van der Waals surface area contributed by atoms with Gasteiger partial charge in [0.2, 0.25) is 11.8 Å². The van der Waals surface area contributed by atoms with E-state index in [2.05, 4.69) is 23.7 Å². The van der Waals surface area contributed by atoms with E-state index in [4.69, 9.17) is 0 Å². The number of carbonyl (C=O) groups is 2. The van der Waals surface area contributed by atoms with E-state index in [0.29, 0.717) is 0 Å². The van der Waals surface area contributed by atoms with Gasteiger partial charge in [-0.2, -0.15) is 0 Å². The molecule has 98 valence electrons. The van der Waals surface area contributed by atoms with E-state index in [0.717, 1.165) is 19.1 Å². The van der Waals surface area contributed by atoms with Crippen LogP contribution >= 0.6 is 0 Å². The van der Waals surface area contributed by atoms with Gasteiger partial charge in [-0.05, 0) is 6.42 Å². The van der Waals surface area contributed by atoms with Crippen LogP contribution in [0.15, 0.2) is 0 Å². The number of nitrogens with one attached hydrogen (secondary N) is 2. The molecule has 0 aromatic heterocycles. The van der Waals surface area contributed by atoms with Crippen LogP contribution in [0.25, 0.3) is 0 Å². The highest BCUT2D eigenvalue weighted by atomic mass is 28.3. The molecule has 0 unspecified atom stereocenters. The fourth-order valence-electron chi connectivity index (χ4n) is 0.649. The van der Waals surface area contributed by atoms with Crippen LogP contribution in [0.2, 0.25) is 13.1 Å². The quantitative estimate of drug-likeness (QED) is 0.737. The lowest BCUT2D eigenvalue weighted by Gasteiger charge is -2.01. The highest BCUT2D eigenvalue weighted by Gasteiger charge is 1.94. The highest BCUT2D eigenvalue weighted by Crippen LogP contribution is 1.73. The lowest BCUT2D eigenvalue weighted by molar-refractivity contribution is -0.119. The third-order valence-electron chi connectivity index (χ3n) is 1.38. The van der Waals surface area contributed by atoms with Crippen molar-refractivity contribution >= 4 is 20.6 Å². The average Bonchev–Trinajstić information content (AvgIpc) is 2.12. The Hall–Kier alpha value is -0.843. The van der Waals surface area contributed by atoms with Gasteiger partial charge in [0.1, 0.15) is 0 Å². The molecule has 0 radical (unpaired) electrons. The van der Waals surface area contributed by atoms with Crippen LogP contribution in [-0.2, 0) is 9.59 Å². The van der Waals surface area contributed by atoms with Crippen LogP contribution < -0.4 is 10.6 Å². The Labute approximate surface area is 102 Å². The standard InChI is InChI=1S/C5H13NOSi.C5H11NO.CH4/c1-5(7)6-4-8(2)3;1-3-4-6-5(2)7;/h8H,4H2,1-3H3,(H,6,7);3-4H2,1-2H3,(H,6,7);1H4. The molecule has 16 heavy (non-hydrogen) atoms. The van der Waals surface area contributed by atoms with Gasteiger partial charge >= 0.3 is 0 Å². The molecular formula is C11H28N2O2Si. The molecule has 2 N–H and O–H groups in total. The summed E-state index contributed by atoms with van der Waals surface area (Å²) < 4.78 is 0. The second kappa shape index (κ2) is 14.2. The number of carbonyl (C=O) groups excluding carboxylic acids is 2. The monoisotopic (exact) mass is 248 g/mol. The van der Waals surface area contributed by atoms with Crippen LogP contribution in [0.1, 0.15) is 34.6 Å². The van der Waals surface area contributed by atoms with Crippen LogP contribution in [-0.4, -0.2) is 33.3 Å². The van der Waals surface area contributed by atoms with Crippen LogP contribution in [0.4, 0.5) is 0 Å². The fourth-order valence-corrected chi connectivity index (χ4v) is 1.34. The van der Waals surface area contributed by atoms with Gasteiger partial charge < -0.3 is 10.6 Å². The highest BCUT2D eigenvalue weighted by molar-refractivity contribution is 6.56. The predicted molar refractivity (Wildman–Crippen MR) is 73.3 cm³/mol. The Balaban J connectivity index is -0.000000200. The molecule has 4 nitrogen and oxygen atoms in total. The summed E-state index contributed by atoms with van der Waals surface area (Å²) in [5.41, 5.74) is 0. The topological polar surface area (TPSA) is 58.2 Å². The number of rotatable bonds is 4. The number of amides is 2. The summed E-state index contributed by atoms with van der Waals surface area (Å²) >= 11 is 0. The van der Waals surface area contributed by atoms with Gasteiger partial charge in [-0.1, -0.05) is 27.4 Å². The molecule has 2 amide bonds. The minimum Gasteiger partial charge on any atom is -0.360 e. The maximum absolute atomic E-state index is 10.3. The van der Waals surface area contributed by atoms with Gasteiger partial charge in [0.25, 0.3) is 0 Å². The Morgan fingerprint density at radius 3 is 1.62 bits per heavy atom. The summed E-state index contributed by atoms with van der Waals surface area (Å²) in [6.07, 6.45) is 1.94. The molecule has 0 aliphatic heterocycles. The maximum Gasteiger partial charge on any atom is 0.216 e. The molecular weight excluding hydrogens is 220 g/mol. The molecule has 0 aliphatic rings. The van der Waals surface area contributed by atoms with Crippen LogP contribution in [0, 0.1) is 0 Å². The molecule has 0 saturated heterocycles. The minimum atomic E-state index is -0.559. The first kappa shape index (κ1) is 20.6.